The number of aliphatic hydroxyl groups is 2. The quantitative estimate of drug-likeness (QED) is 0.456. The van der Waals surface area contributed by atoms with Gasteiger partial charge in [-0.15, -0.1) is 0 Å². The van der Waals surface area contributed by atoms with Gasteiger partial charge < -0.3 is 10.2 Å². The minimum atomic E-state index is -1.51. The maximum atomic E-state index is 10.5. The van der Waals surface area contributed by atoms with Crippen LogP contribution in [0.4, 0.5) is 0 Å². The van der Waals surface area contributed by atoms with E-state index in [1.165, 1.54) is 0 Å². The van der Waals surface area contributed by atoms with E-state index in [0.717, 1.165) is 0 Å². The summed E-state index contributed by atoms with van der Waals surface area (Å²) in [6.07, 6.45) is 0.215. The fourth-order valence-electron chi connectivity index (χ4n) is 0.733. The Morgan fingerprint density at radius 1 is 1.50 bits per heavy atom. The summed E-state index contributed by atoms with van der Waals surface area (Å²) in [7, 11) is -1.51. The van der Waals surface area contributed by atoms with E-state index in [-0.39, 0.29) is 0 Å². The Labute approximate surface area is 48.1 Å². The van der Waals surface area contributed by atoms with Crippen molar-refractivity contribution in [3.05, 3.63) is 0 Å². The molecule has 1 aliphatic heterocycles. The van der Waals surface area contributed by atoms with Gasteiger partial charge in [0.15, 0.2) is 0 Å². The second-order valence-electron chi connectivity index (χ2n) is 1.91. The van der Waals surface area contributed by atoms with E-state index in [1.54, 1.807) is 0 Å². The largest absolute Gasteiger partial charge is 0.390 e. The molecule has 0 aromatic carbocycles. The predicted molar refractivity (Wildman–Crippen MR) is 29.1 cm³/mol. The van der Waals surface area contributed by atoms with E-state index < -0.39 is 19.8 Å². The molecule has 0 saturated carbocycles. The molecule has 8 heavy (non-hydrogen) atoms. The van der Waals surface area contributed by atoms with Crippen molar-refractivity contribution in [2.75, 3.05) is 6.16 Å². The Morgan fingerprint density at radius 2 is 2.12 bits per heavy atom. The standard InChI is InChI=1S/C4H8O3P/c5-3-1-2-8(7)4(3)6/h3-6H,1-2H2. The Hall–Kier alpha value is 0.0200. The highest BCUT2D eigenvalue weighted by Gasteiger charge is 2.30. The molecule has 3 atom stereocenters. The van der Waals surface area contributed by atoms with Crippen molar-refractivity contribution < 1.29 is 14.8 Å². The molecule has 0 spiro atoms. The van der Waals surface area contributed by atoms with Crippen molar-refractivity contribution >= 4 is 7.80 Å². The van der Waals surface area contributed by atoms with Gasteiger partial charge in [-0.25, -0.2) is 0 Å². The van der Waals surface area contributed by atoms with E-state index in [4.69, 9.17) is 10.2 Å². The molecule has 0 bridgehead atoms. The lowest BCUT2D eigenvalue weighted by Gasteiger charge is -2.02. The van der Waals surface area contributed by atoms with Crippen LogP contribution in [0.1, 0.15) is 6.42 Å². The molecule has 1 fully saturated rings. The molecule has 2 N–H and O–H groups in total. The summed E-state index contributed by atoms with van der Waals surface area (Å²) in [5, 5.41) is 17.5. The second-order valence-corrected chi connectivity index (χ2v) is 3.72. The molecule has 3 nitrogen and oxygen atoms in total. The minimum absolute atomic E-state index is 0.470. The van der Waals surface area contributed by atoms with Crippen LogP contribution < -0.4 is 0 Å². The van der Waals surface area contributed by atoms with Gasteiger partial charge >= 0.3 is 0 Å². The maximum absolute atomic E-state index is 10.5. The second kappa shape index (κ2) is 2.09. The monoisotopic (exact) mass is 135 g/mol. The maximum Gasteiger partial charge on any atom is 0.149 e. The molecule has 1 rings (SSSR count). The number of aliphatic hydroxyl groups excluding tert-OH is 2. The number of hydrogen-bond acceptors (Lipinski definition) is 3. The van der Waals surface area contributed by atoms with Crippen molar-refractivity contribution in [1.82, 2.24) is 0 Å². The van der Waals surface area contributed by atoms with Gasteiger partial charge in [-0.3, -0.25) is 4.57 Å². The molecule has 0 aromatic heterocycles. The summed E-state index contributed by atoms with van der Waals surface area (Å²) >= 11 is 0. The Balaban J connectivity index is 2.56. The third-order valence-corrected chi connectivity index (χ3v) is 2.92. The van der Waals surface area contributed by atoms with Gasteiger partial charge in [0.25, 0.3) is 0 Å². The molecule has 1 radical (unpaired) electrons. The molecule has 4 heteroatoms. The molecule has 1 aliphatic rings. The summed E-state index contributed by atoms with van der Waals surface area (Å²) in [5.74, 6) is -0.954. The molecular weight excluding hydrogens is 127 g/mol. The summed E-state index contributed by atoms with van der Waals surface area (Å²) in [6, 6.07) is 0. The molecule has 0 amide bonds. The highest BCUT2D eigenvalue weighted by Crippen LogP contribution is 2.37. The van der Waals surface area contributed by atoms with E-state index in [2.05, 4.69) is 0 Å². The fraction of sp³-hybridized carbons (Fsp3) is 1.00. The lowest BCUT2D eigenvalue weighted by atomic mass is 10.3. The molecule has 47 valence electrons. The Kier molecular flexibility index (Phi) is 1.61. The summed E-state index contributed by atoms with van der Waals surface area (Å²) in [4.78, 5) is 0. The average molecular weight is 135 g/mol. The van der Waals surface area contributed by atoms with Gasteiger partial charge in [-0.05, 0) is 6.42 Å². The van der Waals surface area contributed by atoms with Crippen LogP contribution in [0.5, 0.6) is 0 Å². The van der Waals surface area contributed by atoms with Crippen LogP contribution in [0, 0.1) is 0 Å². The molecule has 3 unspecified atom stereocenters. The number of hydrogen-bond donors (Lipinski definition) is 2. The van der Waals surface area contributed by atoms with Crippen LogP contribution in [-0.4, -0.2) is 28.3 Å². The zero-order valence-corrected chi connectivity index (χ0v) is 5.21. The molecular formula is C4H8O3P. The van der Waals surface area contributed by atoms with E-state index in [0.29, 0.717) is 12.6 Å². The van der Waals surface area contributed by atoms with Crippen LogP contribution in [0.2, 0.25) is 0 Å². The van der Waals surface area contributed by atoms with Gasteiger partial charge in [0.2, 0.25) is 0 Å². The first-order valence-electron chi connectivity index (χ1n) is 2.51. The van der Waals surface area contributed by atoms with Gasteiger partial charge in [0.1, 0.15) is 13.6 Å². The van der Waals surface area contributed by atoms with E-state index in [1.807, 2.05) is 0 Å². The van der Waals surface area contributed by atoms with Crippen molar-refractivity contribution in [1.29, 1.82) is 0 Å². The van der Waals surface area contributed by atoms with Crippen LogP contribution in [-0.2, 0) is 4.57 Å². The van der Waals surface area contributed by atoms with Crippen molar-refractivity contribution in [2.45, 2.75) is 18.4 Å². The molecule has 1 saturated heterocycles. The molecule has 0 aromatic rings. The van der Waals surface area contributed by atoms with Gasteiger partial charge in [0.05, 0.1) is 6.10 Å². The third kappa shape index (κ3) is 0.895. The minimum Gasteiger partial charge on any atom is -0.390 e. The first-order valence-corrected chi connectivity index (χ1v) is 4.03. The zero-order valence-electron chi connectivity index (χ0n) is 4.32. The Morgan fingerprint density at radius 3 is 2.25 bits per heavy atom. The molecule has 0 aliphatic carbocycles. The summed E-state index contributed by atoms with van der Waals surface area (Å²) in [6.45, 7) is 0. The highest BCUT2D eigenvalue weighted by molar-refractivity contribution is 7.45. The van der Waals surface area contributed by atoms with Gasteiger partial charge in [-0.2, -0.15) is 0 Å². The Bertz CT molecular complexity index is 114. The van der Waals surface area contributed by atoms with E-state index >= 15 is 0 Å². The fourth-order valence-corrected chi connectivity index (χ4v) is 2.05. The lowest BCUT2D eigenvalue weighted by molar-refractivity contribution is 0.0771. The van der Waals surface area contributed by atoms with Crippen molar-refractivity contribution in [3.63, 3.8) is 0 Å². The van der Waals surface area contributed by atoms with Crippen LogP contribution in [0.15, 0.2) is 0 Å². The van der Waals surface area contributed by atoms with E-state index in [9.17, 15) is 4.57 Å². The van der Waals surface area contributed by atoms with Gasteiger partial charge in [-0.1, -0.05) is 0 Å². The normalized spacial score (nSPS) is 43.0. The third-order valence-electron chi connectivity index (χ3n) is 1.28. The van der Waals surface area contributed by atoms with Crippen molar-refractivity contribution in [2.24, 2.45) is 0 Å². The van der Waals surface area contributed by atoms with Gasteiger partial charge in [0, 0.05) is 6.16 Å². The summed E-state index contributed by atoms with van der Waals surface area (Å²) < 4.78 is 10.5. The zero-order chi connectivity index (χ0) is 6.15. The first-order chi connectivity index (χ1) is 3.72. The molecule has 1 heterocycles. The van der Waals surface area contributed by atoms with Crippen LogP contribution in [0.25, 0.3) is 0 Å². The van der Waals surface area contributed by atoms with Crippen molar-refractivity contribution in [3.8, 4) is 0 Å². The SMILES string of the molecule is O=[P]1CCC(O)C1O. The highest BCUT2D eigenvalue weighted by atomic mass is 31.1. The smallest absolute Gasteiger partial charge is 0.149 e. The average Bonchev–Trinajstić information content (AvgIpc) is 1.98. The summed E-state index contributed by atoms with van der Waals surface area (Å²) in [5.41, 5.74) is 0. The number of rotatable bonds is 0. The van der Waals surface area contributed by atoms with Crippen LogP contribution >= 0.6 is 7.80 Å². The first kappa shape index (κ1) is 6.14. The predicted octanol–water partition coefficient (Wildman–Crippen LogP) is -0.103. The lowest BCUT2D eigenvalue weighted by Crippen LogP contribution is -2.15. The topological polar surface area (TPSA) is 57.5 Å². The van der Waals surface area contributed by atoms with Crippen LogP contribution in [0.3, 0.4) is 0 Å².